The van der Waals surface area contributed by atoms with Crippen molar-refractivity contribution in [3.8, 4) is 0 Å². The third kappa shape index (κ3) is 9.09. The van der Waals surface area contributed by atoms with E-state index in [0.717, 1.165) is 12.8 Å². The van der Waals surface area contributed by atoms with E-state index in [1.165, 1.54) is 38.5 Å². The summed E-state index contributed by atoms with van der Waals surface area (Å²) >= 11 is 0. The average Bonchev–Trinajstić information content (AvgIpc) is 2.20. The topological polar surface area (TPSA) is 60.7 Å². The minimum absolute atomic E-state index is 0.528. The van der Waals surface area contributed by atoms with Crippen LogP contribution in [0.15, 0.2) is 0 Å². The summed E-state index contributed by atoms with van der Waals surface area (Å²) in [5.41, 5.74) is 0. The van der Waals surface area contributed by atoms with Crippen LogP contribution in [0.3, 0.4) is 0 Å². The summed E-state index contributed by atoms with van der Waals surface area (Å²) in [6.45, 7) is 3.84. The normalized spacial score (nSPS) is 14.1. The first-order valence-corrected chi connectivity index (χ1v) is 6.55. The molecule has 0 saturated carbocycles. The molecule has 0 amide bonds. The van der Waals surface area contributed by atoms with Crippen molar-refractivity contribution in [2.45, 2.75) is 77.7 Å². The molecule has 0 fully saturated rings. The zero-order chi connectivity index (χ0) is 12.4. The summed E-state index contributed by atoms with van der Waals surface area (Å²) in [5.74, 6) is 0. The van der Waals surface area contributed by atoms with E-state index in [0.29, 0.717) is 6.42 Å². The average molecular weight is 234 g/mol. The molecule has 1 atom stereocenters. The van der Waals surface area contributed by atoms with Gasteiger partial charge in [0.15, 0.2) is 6.04 Å². The number of unbranched alkanes of at least 4 members (excludes halogenated alkanes) is 7. The molecular formula is C12H28NO3+. The summed E-state index contributed by atoms with van der Waals surface area (Å²) in [4.78, 5) is -1.89. The third-order valence-electron chi connectivity index (χ3n) is 3.07. The van der Waals surface area contributed by atoms with E-state index in [2.05, 4.69) is 6.92 Å². The first-order chi connectivity index (χ1) is 7.48. The van der Waals surface area contributed by atoms with Gasteiger partial charge in [0, 0.05) is 6.42 Å². The van der Waals surface area contributed by atoms with Gasteiger partial charge in [-0.15, -0.1) is 15.6 Å². The van der Waals surface area contributed by atoms with Crippen molar-refractivity contribution in [2.24, 2.45) is 0 Å². The summed E-state index contributed by atoms with van der Waals surface area (Å²) in [6.07, 6.45) is 10.4. The van der Waals surface area contributed by atoms with Crippen LogP contribution in [-0.2, 0) is 0 Å². The number of hydroxylamine groups is 3. The molecule has 1 unspecified atom stereocenters. The van der Waals surface area contributed by atoms with Gasteiger partial charge in [0.1, 0.15) is 0 Å². The lowest BCUT2D eigenvalue weighted by molar-refractivity contribution is -1.38. The second-order valence-electron chi connectivity index (χ2n) is 4.73. The predicted molar refractivity (Wildman–Crippen MR) is 62.3 cm³/mol. The molecule has 0 rings (SSSR count). The van der Waals surface area contributed by atoms with Crippen molar-refractivity contribution in [2.75, 3.05) is 0 Å². The molecule has 0 aliphatic heterocycles. The van der Waals surface area contributed by atoms with Crippen molar-refractivity contribution >= 4 is 0 Å². The van der Waals surface area contributed by atoms with Gasteiger partial charge in [-0.2, -0.15) is 0 Å². The molecule has 0 spiro atoms. The van der Waals surface area contributed by atoms with Crippen molar-refractivity contribution < 1.29 is 20.6 Å². The molecule has 0 aliphatic carbocycles. The number of hydrogen-bond acceptors (Lipinski definition) is 3. The van der Waals surface area contributed by atoms with Crippen LogP contribution in [0, 0.1) is 0 Å². The van der Waals surface area contributed by atoms with E-state index in [1.54, 1.807) is 6.92 Å². The van der Waals surface area contributed by atoms with Gasteiger partial charge in [-0.1, -0.05) is 51.9 Å². The summed E-state index contributed by atoms with van der Waals surface area (Å²) in [6, 6.07) is -0.528. The highest BCUT2D eigenvalue weighted by molar-refractivity contribution is 4.50. The predicted octanol–water partition coefficient (Wildman–Crippen LogP) is 3.89. The fourth-order valence-electron chi connectivity index (χ4n) is 1.75. The lowest BCUT2D eigenvalue weighted by atomic mass is 10.1. The number of nitrogens with zero attached hydrogens (tertiary/aromatic N) is 1. The van der Waals surface area contributed by atoms with Crippen LogP contribution in [0.4, 0.5) is 0 Å². The van der Waals surface area contributed by atoms with E-state index >= 15 is 0 Å². The number of rotatable bonds is 10. The monoisotopic (exact) mass is 234 g/mol. The third-order valence-corrected chi connectivity index (χ3v) is 3.07. The Bertz CT molecular complexity index is 157. The Hall–Kier alpha value is -0.160. The van der Waals surface area contributed by atoms with E-state index in [9.17, 15) is 0 Å². The maximum Gasteiger partial charge on any atom is 0.184 e. The van der Waals surface area contributed by atoms with E-state index in [4.69, 9.17) is 15.6 Å². The Labute approximate surface area is 99.0 Å². The molecule has 4 nitrogen and oxygen atoms in total. The van der Waals surface area contributed by atoms with Crippen LogP contribution in [0.1, 0.15) is 71.6 Å². The summed E-state index contributed by atoms with van der Waals surface area (Å²) in [7, 11) is 0. The van der Waals surface area contributed by atoms with Gasteiger partial charge >= 0.3 is 0 Å². The molecule has 0 aromatic heterocycles. The first kappa shape index (κ1) is 15.8. The fourth-order valence-corrected chi connectivity index (χ4v) is 1.75. The van der Waals surface area contributed by atoms with Gasteiger partial charge in [0.2, 0.25) is 0 Å². The smallest absolute Gasteiger partial charge is 0.146 e. The molecule has 0 aliphatic rings. The van der Waals surface area contributed by atoms with Gasteiger partial charge in [0.25, 0.3) is 0 Å². The molecule has 16 heavy (non-hydrogen) atoms. The standard InChI is InChI=1S/C12H28NO3/c1-3-4-5-6-7-8-9-10-11-12(2)13(14,15)16/h12,14-16H,3-11H2,1-2H3/q+1. The number of quaternary nitrogens is 1. The first-order valence-electron chi connectivity index (χ1n) is 6.55. The summed E-state index contributed by atoms with van der Waals surface area (Å²) in [5, 5.41) is 26.5. The zero-order valence-electron chi connectivity index (χ0n) is 10.7. The highest BCUT2D eigenvalue weighted by atomic mass is 17.1. The lowest BCUT2D eigenvalue weighted by Gasteiger charge is -2.18. The molecule has 0 saturated heterocycles. The Balaban J connectivity index is 3.21. The molecule has 0 aromatic rings. The van der Waals surface area contributed by atoms with E-state index in [1.807, 2.05) is 0 Å². The largest absolute Gasteiger partial charge is 0.184 e. The van der Waals surface area contributed by atoms with E-state index < -0.39 is 11.0 Å². The molecule has 98 valence electrons. The highest BCUT2D eigenvalue weighted by Crippen LogP contribution is 2.13. The van der Waals surface area contributed by atoms with Crippen LogP contribution in [-0.4, -0.2) is 26.6 Å². The second kappa shape index (κ2) is 8.93. The quantitative estimate of drug-likeness (QED) is 0.305. The van der Waals surface area contributed by atoms with Gasteiger partial charge in [0.05, 0.1) is 4.97 Å². The molecule has 0 heterocycles. The van der Waals surface area contributed by atoms with Gasteiger partial charge in [-0.3, -0.25) is 0 Å². The minimum atomic E-state index is -1.89. The summed E-state index contributed by atoms with van der Waals surface area (Å²) < 4.78 is 0. The van der Waals surface area contributed by atoms with Crippen LogP contribution in [0.25, 0.3) is 0 Å². The second-order valence-corrected chi connectivity index (χ2v) is 4.73. The van der Waals surface area contributed by atoms with Crippen LogP contribution in [0.5, 0.6) is 0 Å². The van der Waals surface area contributed by atoms with Crippen molar-refractivity contribution in [1.82, 2.24) is 0 Å². The van der Waals surface area contributed by atoms with Gasteiger partial charge < -0.3 is 0 Å². The van der Waals surface area contributed by atoms with Gasteiger partial charge in [-0.25, -0.2) is 0 Å². The molecular weight excluding hydrogens is 206 g/mol. The van der Waals surface area contributed by atoms with Crippen LogP contribution >= 0.6 is 0 Å². The van der Waals surface area contributed by atoms with Crippen LogP contribution in [0.2, 0.25) is 0 Å². The Morgan fingerprint density at radius 3 is 1.69 bits per heavy atom. The fraction of sp³-hybridized carbons (Fsp3) is 1.00. The Morgan fingerprint density at radius 1 is 0.812 bits per heavy atom. The molecule has 0 radical (unpaired) electrons. The van der Waals surface area contributed by atoms with Crippen molar-refractivity contribution in [3.63, 3.8) is 0 Å². The molecule has 0 bridgehead atoms. The van der Waals surface area contributed by atoms with E-state index in [-0.39, 0.29) is 0 Å². The maximum atomic E-state index is 8.83. The Morgan fingerprint density at radius 2 is 1.25 bits per heavy atom. The molecule has 0 aromatic carbocycles. The molecule has 4 heteroatoms. The minimum Gasteiger partial charge on any atom is -0.146 e. The van der Waals surface area contributed by atoms with Crippen molar-refractivity contribution in [1.29, 1.82) is 0 Å². The molecule has 3 N–H and O–H groups in total. The van der Waals surface area contributed by atoms with Crippen molar-refractivity contribution in [3.05, 3.63) is 0 Å². The Kier molecular flexibility index (Phi) is 8.84. The number of hydrogen-bond donors (Lipinski definition) is 3. The SMILES string of the molecule is CCCCCCCCCCC(C)[N+](O)(O)O. The lowest BCUT2D eigenvalue weighted by Crippen LogP contribution is -2.45. The highest BCUT2D eigenvalue weighted by Gasteiger charge is 2.28. The van der Waals surface area contributed by atoms with Crippen LogP contribution < -0.4 is 0 Å². The van der Waals surface area contributed by atoms with Gasteiger partial charge in [-0.05, 0) is 13.3 Å². The zero-order valence-corrected chi connectivity index (χ0v) is 10.7. The maximum absolute atomic E-state index is 8.83.